The summed E-state index contributed by atoms with van der Waals surface area (Å²) in [7, 11) is -0.746. The lowest BCUT2D eigenvalue weighted by Gasteiger charge is -2.44. The molecule has 5 atom stereocenters. The van der Waals surface area contributed by atoms with Gasteiger partial charge in [0, 0.05) is 14.2 Å². The van der Waals surface area contributed by atoms with E-state index in [9.17, 15) is 9.67 Å². The molecule has 0 unspecified atom stereocenters. The van der Waals surface area contributed by atoms with E-state index >= 15 is 0 Å². The van der Waals surface area contributed by atoms with Gasteiger partial charge in [0.1, 0.15) is 18.3 Å². The van der Waals surface area contributed by atoms with Gasteiger partial charge < -0.3 is 28.4 Å². The van der Waals surface area contributed by atoms with Crippen LogP contribution in [0.1, 0.15) is 18.1 Å². The van der Waals surface area contributed by atoms with Crippen molar-refractivity contribution in [1.82, 2.24) is 0 Å². The minimum Gasteiger partial charge on any atom is -0.388 e. The van der Waals surface area contributed by atoms with Gasteiger partial charge in [-0.05, 0) is 18.1 Å². The average Bonchev–Trinajstić information content (AvgIpc) is 2.80. The second-order valence-electron chi connectivity index (χ2n) is 7.55. The minimum atomic E-state index is -3.38. The summed E-state index contributed by atoms with van der Waals surface area (Å²) in [6.07, 6.45) is -3.53. The molecule has 1 heterocycles. The zero-order chi connectivity index (χ0) is 22.3. The molecule has 170 valence electrons. The first-order valence-electron chi connectivity index (χ1n) is 10.3. The molecule has 0 saturated carbocycles. The van der Waals surface area contributed by atoms with Gasteiger partial charge in [0.2, 0.25) is 0 Å². The smallest absolute Gasteiger partial charge is 0.332 e. The molecule has 1 saturated heterocycles. The predicted octanol–water partition coefficient (Wildman–Crippen LogP) is 3.79. The van der Waals surface area contributed by atoms with Crippen LogP contribution in [0, 0.1) is 0 Å². The molecule has 2 aromatic carbocycles. The van der Waals surface area contributed by atoms with Crippen LogP contribution in [-0.2, 0) is 41.0 Å². The van der Waals surface area contributed by atoms with Gasteiger partial charge in [0.25, 0.3) is 0 Å². The molecular formula is C23H31O7P. The fourth-order valence-electron chi connectivity index (χ4n) is 3.66. The van der Waals surface area contributed by atoms with Crippen LogP contribution in [0.25, 0.3) is 0 Å². The molecular weight excluding hydrogens is 419 g/mol. The van der Waals surface area contributed by atoms with Crippen LogP contribution in [0.2, 0.25) is 0 Å². The molecule has 0 amide bonds. The molecule has 2 aromatic rings. The van der Waals surface area contributed by atoms with E-state index in [1.807, 2.05) is 67.6 Å². The molecule has 1 aliphatic heterocycles. The third-order valence-electron chi connectivity index (χ3n) is 5.42. The second kappa shape index (κ2) is 11.3. The Kier molecular flexibility index (Phi) is 8.81. The van der Waals surface area contributed by atoms with Gasteiger partial charge >= 0.3 is 7.60 Å². The van der Waals surface area contributed by atoms with Gasteiger partial charge in [-0.25, -0.2) is 0 Å². The van der Waals surface area contributed by atoms with E-state index in [0.717, 1.165) is 11.1 Å². The molecule has 0 aromatic heterocycles. The number of aliphatic hydroxyl groups excluding tert-OH is 1. The summed E-state index contributed by atoms with van der Waals surface area (Å²) in [6.45, 7) is 2.52. The summed E-state index contributed by atoms with van der Waals surface area (Å²) in [6, 6.07) is 19.5. The number of aliphatic hydroxyl groups is 1. The van der Waals surface area contributed by atoms with Gasteiger partial charge in [-0.15, -0.1) is 0 Å². The van der Waals surface area contributed by atoms with E-state index in [1.165, 1.54) is 14.2 Å². The quantitative estimate of drug-likeness (QED) is 0.552. The normalized spacial score (nSPS) is 26.6. The summed E-state index contributed by atoms with van der Waals surface area (Å²) < 4.78 is 41.0. The molecule has 1 aliphatic rings. The van der Waals surface area contributed by atoms with Crippen molar-refractivity contribution in [2.75, 3.05) is 20.4 Å². The van der Waals surface area contributed by atoms with Crippen LogP contribution >= 0.6 is 7.60 Å². The fraction of sp³-hybridized carbons (Fsp3) is 0.478. The number of hydrogen-bond acceptors (Lipinski definition) is 7. The van der Waals surface area contributed by atoms with Gasteiger partial charge in [0.05, 0.1) is 31.6 Å². The van der Waals surface area contributed by atoms with Gasteiger partial charge in [-0.2, -0.15) is 0 Å². The van der Waals surface area contributed by atoms with Gasteiger partial charge in [-0.3, -0.25) is 4.57 Å². The molecule has 1 N–H and O–H groups in total. The number of hydrogen-bond donors (Lipinski definition) is 1. The molecule has 8 heteroatoms. The van der Waals surface area contributed by atoms with Crippen molar-refractivity contribution >= 4 is 7.60 Å². The lowest BCUT2D eigenvalue weighted by molar-refractivity contribution is -0.244. The molecule has 0 radical (unpaired) electrons. The maximum atomic E-state index is 12.6. The first-order chi connectivity index (χ1) is 15.0. The first-order valence-corrected chi connectivity index (χ1v) is 12.0. The Balaban J connectivity index is 1.76. The highest BCUT2D eigenvalue weighted by Gasteiger charge is 2.47. The van der Waals surface area contributed by atoms with Crippen molar-refractivity contribution in [2.24, 2.45) is 0 Å². The number of benzene rings is 2. The molecule has 0 bridgehead atoms. The van der Waals surface area contributed by atoms with Crippen molar-refractivity contribution in [3.63, 3.8) is 0 Å². The van der Waals surface area contributed by atoms with Crippen LogP contribution in [-0.4, -0.2) is 56.0 Å². The molecule has 0 spiro atoms. The highest BCUT2D eigenvalue weighted by molar-refractivity contribution is 7.53. The number of ether oxygens (including phenoxy) is 3. The SMILES string of the molecule is COP(=O)(C[C@@H]1O[C@@H](C)[C@H](OCc2ccccc2)[C@@H](OCc2ccccc2)[C@H]1O)OC. The van der Waals surface area contributed by atoms with E-state index < -0.39 is 38.1 Å². The summed E-state index contributed by atoms with van der Waals surface area (Å²) in [4.78, 5) is 0. The highest BCUT2D eigenvalue weighted by Crippen LogP contribution is 2.48. The minimum absolute atomic E-state index is 0.0812. The monoisotopic (exact) mass is 450 g/mol. The van der Waals surface area contributed by atoms with Gasteiger partial charge in [-0.1, -0.05) is 60.7 Å². The lowest BCUT2D eigenvalue weighted by Crippen LogP contribution is -2.59. The Morgan fingerprint density at radius 2 is 1.35 bits per heavy atom. The number of rotatable bonds is 10. The summed E-state index contributed by atoms with van der Waals surface area (Å²) in [5.74, 6) is 0. The van der Waals surface area contributed by atoms with Crippen LogP contribution in [0.5, 0.6) is 0 Å². The Morgan fingerprint density at radius 1 is 0.871 bits per heavy atom. The van der Waals surface area contributed by atoms with Crippen LogP contribution in [0.3, 0.4) is 0 Å². The first kappa shape index (κ1) is 24.1. The fourth-order valence-corrected chi connectivity index (χ4v) is 4.85. The summed E-state index contributed by atoms with van der Waals surface area (Å²) >= 11 is 0. The van der Waals surface area contributed by atoms with Gasteiger partial charge in [0.15, 0.2) is 0 Å². The largest absolute Gasteiger partial charge is 0.388 e. The van der Waals surface area contributed by atoms with E-state index in [-0.39, 0.29) is 6.16 Å². The van der Waals surface area contributed by atoms with Crippen LogP contribution < -0.4 is 0 Å². The van der Waals surface area contributed by atoms with Crippen LogP contribution in [0.15, 0.2) is 60.7 Å². The highest BCUT2D eigenvalue weighted by atomic mass is 31.2. The molecule has 1 fully saturated rings. The second-order valence-corrected chi connectivity index (χ2v) is 9.87. The van der Waals surface area contributed by atoms with E-state index in [4.69, 9.17) is 23.3 Å². The predicted molar refractivity (Wildman–Crippen MR) is 117 cm³/mol. The lowest BCUT2D eigenvalue weighted by atomic mass is 9.95. The zero-order valence-corrected chi connectivity index (χ0v) is 19.0. The Hall–Kier alpha value is -1.57. The van der Waals surface area contributed by atoms with Crippen molar-refractivity contribution in [2.45, 2.75) is 50.7 Å². The topological polar surface area (TPSA) is 83.5 Å². The van der Waals surface area contributed by atoms with E-state index in [0.29, 0.717) is 13.2 Å². The summed E-state index contributed by atoms with van der Waals surface area (Å²) in [5, 5.41) is 11.1. The molecule has 3 rings (SSSR count). The third-order valence-corrected chi connectivity index (χ3v) is 7.34. The van der Waals surface area contributed by atoms with Crippen molar-refractivity contribution in [3.05, 3.63) is 71.8 Å². The van der Waals surface area contributed by atoms with E-state index in [1.54, 1.807) is 0 Å². The van der Waals surface area contributed by atoms with Crippen molar-refractivity contribution in [1.29, 1.82) is 0 Å². The van der Waals surface area contributed by atoms with E-state index in [2.05, 4.69) is 0 Å². The Morgan fingerprint density at radius 3 is 1.84 bits per heavy atom. The maximum Gasteiger partial charge on any atom is 0.332 e. The summed E-state index contributed by atoms with van der Waals surface area (Å²) in [5.41, 5.74) is 1.99. The molecule has 0 aliphatic carbocycles. The van der Waals surface area contributed by atoms with Crippen LogP contribution in [0.4, 0.5) is 0 Å². The Bertz CT molecular complexity index is 824. The van der Waals surface area contributed by atoms with Crippen molar-refractivity contribution < 1.29 is 32.9 Å². The molecule has 31 heavy (non-hydrogen) atoms. The maximum absolute atomic E-state index is 12.6. The standard InChI is InChI=1S/C23H31O7P/c1-17-22(28-14-18-10-6-4-7-11-18)23(29-15-19-12-8-5-9-13-19)21(24)20(30-17)16-31(25,26-2)27-3/h4-13,17,20-24H,14-16H2,1-3H3/t17-,20-,21-,22-,23-/m0/s1. The average molecular weight is 450 g/mol. The third kappa shape index (κ3) is 6.46. The zero-order valence-electron chi connectivity index (χ0n) is 18.1. The Labute approximate surface area is 183 Å². The molecule has 7 nitrogen and oxygen atoms in total. The van der Waals surface area contributed by atoms with Crippen molar-refractivity contribution in [3.8, 4) is 0 Å².